The number of amides is 1. The Balaban J connectivity index is 1.43. The first kappa shape index (κ1) is 16.1. The average Bonchev–Trinajstić information content (AvgIpc) is 2.45. The Bertz CT molecular complexity index is 529. The minimum atomic E-state index is -0.420. The zero-order valence-electron chi connectivity index (χ0n) is 14.2. The lowest BCUT2D eigenvalue weighted by Gasteiger charge is -2.48. The first-order chi connectivity index (χ1) is 10.9. The van der Waals surface area contributed by atoms with Crippen molar-refractivity contribution in [2.45, 2.75) is 32.4 Å². The van der Waals surface area contributed by atoms with Gasteiger partial charge in [-0.15, -0.1) is 0 Å². The molecule has 2 aliphatic heterocycles. The average molecular weight is 318 g/mol. The van der Waals surface area contributed by atoms with E-state index in [0.717, 1.165) is 45.1 Å². The molecule has 6 heteroatoms. The smallest absolute Gasteiger partial charge is 0.410 e. The Hall–Kier alpha value is -1.82. The van der Waals surface area contributed by atoms with Gasteiger partial charge in [-0.25, -0.2) is 9.78 Å². The number of hydrogen-bond donors (Lipinski definition) is 0. The Kier molecular flexibility index (Phi) is 4.43. The quantitative estimate of drug-likeness (QED) is 0.832. The lowest BCUT2D eigenvalue weighted by molar-refractivity contribution is -0.0162. The van der Waals surface area contributed by atoms with Gasteiger partial charge in [0, 0.05) is 51.5 Å². The molecule has 0 bridgehead atoms. The number of rotatable bonds is 2. The third kappa shape index (κ3) is 3.93. The molecule has 1 aromatic heterocycles. The van der Waals surface area contributed by atoms with Crippen molar-refractivity contribution in [3.05, 3.63) is 24.4 Å². The number of ether oxygens (including phenoxy) is 1. The van der Waals surface area contributed by atoms with Crippen LogP contribution in [0.4, 0.5) is 10.6 Å². The number of anilines is 1. The molecule has 0 atom stereocenters. The third-order valence-corrected chi connectivity index (χ3v) is 4.32. The first-order valence-corrected chi connectivity index (χ1v) is 8.30. The van der Waals surface area contributed by atoms with E-state index in [2.05, 4.69) is 20.9 Å². The van der Waals surface area contributed by atoms with Crippen LogP contribution in [0, 0.1) is 0 Å². The van der Waals surface area contributed by atoms with Gasteiger partial charge in [-0.3, -0.25) is 4.90 Å². The van der Waals surface area contributed by atoms with E-state index in [1.807, 2.05) is 39.1 Å². The van der Waals surface area contributed by atoms with Crippen LogP contribution in [0.2, 0.25) is 0 Å². The Labute approximate surface area is 138 Å². The second-order valence-corrected chi connectivity index (χ2v) is 7.25. The van der Waals surface area contributed by atoms with Gasteiger partial charge in [0.25, 0.3) is 0 Å². The number of hydrogen-bond acceptors (Lipinski definition) is 5. The minimum absolute atomic E-state index is 0.194. The monoisotopic (exact) mass is 318 g/mol. The maximum Gasteiger partial charge on any atom is 0.410 e. The van der Waals surface area contributed by atoms with E-state index >= 15 is 0 Å². The summed E-state index contributed by atoms with van der Waals surface area (Å²) in [5, 5.41) is 0. The van der Waals surface area contributed by atoms with E-state index in [4.69, 9.17) is 4.74 Å². The molecule has 6 nitrogen and oxygen atoms in total. The number of carbonyl (C=O) groups excluding carboxylic acids is 1. The summed E-state index contributed by atoms with van der Waals surface area (Å²) in [7, 11) is 0. The number of carbonyl (C=O) groups is 1. The lowest BCUT2D eigenvalue weighted by Crippen LogP contribution is -2.64. The Morgan fingerprint density at radius 2 is 1.87 bits per heavy atom. The molecule has 3 rings (SSSR count). The molecule has 2 saturated heterocycles. The number of aromatic nitrogens is 1. The minimum Gasteiger partial charge on any atom is -0.444 e. The molecule has 0 radical (unpaired) electrons. The number of piperazine rings is 1. The summed E-state index contributed by atoms with van der Waals surface area (Å²) in [4.78, 5) is 23.0. The van der Waals surface area contributed by atoms with Gasteiger partial charge >= 0.3 is 6.09 Å². The summed E-state index contributed by atoms with van der Waals surface area (Å²) >= 11 is 0. The van der Waals surface area contributed by atoms with Crippen LogP contribution in [-0.2, 0) is 4.74 Å². The Morgan fingerprint density at radius 3 is 2.43 bits per heavy atom. The highest BCUT2D eigenvalue weighted by molar-refractivity contribution is 5.69. The molecular formula is C17H26N4O2. The fourth-order valence-corrected chi connectivity index (χ4v) is 3.02. The van der Waals surface area contributed by atoms with E-state index in [0.29, 0.717) is 6.04 Å². The number of likely N-dealkylation sites (tertiary alicyclic amines) is 1. The van der Waals surface area contributed by atoms with Crippen LogP contribution in [0.25, 0.3) is 0 Å². The van der Waals surface area contributed by atoms with Gasteiger partial charge in [0.1, 0.15) is 11.4 Å². The second kappa shape index (κ2) is 6.35. The van der Waals surface area contributed by atoms with Gasteiger partial charge in [-0.1, -0.05) is 6.07 Å². The Morgan fingerprint density at radius 1 is 1.17 bits per heavy atom. The molecule has 1 aromatic rings. The molecule has 2 fully saturated rings. The van der Waals surface area contributed by atoms with Crippen molar-refractivity contribution in [2.75, 3.05) is 44.2 Å². The van der Waals surface area contributed by atoms with E-state index in [1.54, 1.807) is 4.90 Å². The normalized spacial score (nSPS) is 20.3. The summed E-state index contributed by atoms with van der Waals surface area (Å²) in [6.07, 6.45) is 1.65. The zero-order chi connectivity index (χ0) is 16.4. The van der Waals surface area contributed by atoms with Crippen LogP contribution in [0.1, 0.15) is 20.8 Å². The highest BCUT2D eigenvalue weighted by Gasteiger charge is 2.38. The predicted octanol–water partition coefficient (Wildman–Crippen LogP) is 1.82. The van der Waals surface area contributed by atoms with Crippen molar-refractivity contribution in [1.29, 1.82) is 0 Å². The summed E-state index contributed by atoms with van der Waals surface area (Å²) in [6.45, 7) is 11.3. The summed E-state index contributed by atoms with van der Waals surface area (Å²) < 4.78 is 5.40. The molecule has 0 spiro atoms. The SMILES string of the molecule is CC(C)(C)OC(=O)N1CC(N2CCN(c3ccccn3)CC2)C1. The van der Waals surface area contributed by atoms with Gasteiger partial charge in [0.05, 0.1) is 0 Å². The topological polar surface area (TPSA) is 48.9 Å². The van der Waals surface area contributed by atoms with Crippen molar-refractivity contribution in [3.8, 4) is 0 Å². The highest BCUT2D eigenvalue weighted by atomic mass is 16.6. The maximum atomic E-state index is 12.0. The van der Waals surface area contributed by atoms with E-state index in [9.17, 15) is 4.79 Å². The van der Waals surface area contributed by atoms with E-state index in [-0.39, 0.29) is 6.09 Å². The van der Waals surface area contributed by atoms with Crippen molar-refractivity contribution in [2.24, 2.45) is 0 Å². The van der Waals surface area contributed by atoms with Crippen molar-refractivity contribution >= 4 is 11.9 Å². The van der Waals surface area contributed by atoms with Gasteiger partial charge < -0.3 is 14.5 Å². The molecule has 1 amide bonds. The number of nitrogens with zero attached hydrogens (tertiary/aromatic N) is 4. The molecule has 0 aromatic carbocycles. The molecule has 0 saturated carbocycles. The van der Waals surface area contributed by atoms with Gasteiger partial charge in [0.2, 0.25) is 0 Å². The van der Waals surface area contributed by atoms with Gasteiger partial charge in [0.15, 0.2) is 0 Å². The van der Waals surface area contributed by atoms with E-state index < -0.39 is 5.60 Å². The molecule has 2 aliphatic rings. The van der Waals surface area contributed by atoms with Crippen LogP contribution in [0.15, 0.2) is 24.4 Å². The standard InChI is InChI=1S/C17H26N4O2/c1-17(2,3)23-16(22)21-12-14(13-21)19-8-10-20(11-9-19)15-6-4-5-7-18-15/h4-7,14H,8-13H2,1-3H3. The molecule has 0 N–H and O–H groups in total. The third-order valence-electron chi connectivity index (χ3n) is 4.32. The van der Waals surface area contributed by atoms with Crippen molar-refractivity contribution in [1.82, 2.24) is 14.8 Å². The fraction of sp³-hybridized carbons (Fsp3) is 0.647. The molecule has 0 unspecified atom stereocenters. The summed E-state index contributed by atoms with van der Waals surface area (Å²) in [5.74, 6) is 1.05. The highest BCUT2D eigenvalue weighted by Crippen LogP contribution is 2.21. The second-order valence-electron chi connectivity index (χ2n) is 7.25. The van der Waals surface area contributed by atoms with Gasteiger partial charge in [-0.05, 0) is 32.9 Å². The molecule has 23 heavy (non-hydrogen) atoms. The molecule has 3 heterocycles. The number of pyridine rings is 1. The van der Waals surface area contributed by atoms with E-state index in [1.165, 1.54) is 0 Å². The van der Waals surface area contributed by atoms with Crippen molar-refractivity contribution in [3.63, 3.8) is 0 Å². The molecule has 126 valence electrons. The van der Waals surface area contributed by atoms with Crippen molar-refractivity contribution < 1.29 is 9.53 Å². The van der Waals surface area contributed by atoms with Crippen LogP contribution < -0.4 is 4.90 Å². The van der Waals surface area contributed by atoms with Crippen LogP contribution in [-0.4, -0.2) is 71.8 Å². The molecule has 0 aliphatic carbocycles. The largest absolute Gasteiger partial charge is 0.444 e. The van der Waals surface area contributed by atoms with Crippen LogP contribution in [0.5, 0.6) is 0 Å². The fourth-order valence-electron chi connectivity index (χ4n) is 3.02. The first-order valence-electron chi connectivity index (χ1n) is 8.30. The van der Waals surface area contributed by atoms with Crippen LogP contribution >= 0.6 is 0 Å². The lowest BCUT2D eigenvalue weighted by atomic mass is 10.1. The van der Waals surface area contributed by atoms with Crippen LogP contribution in [0.3, 0.4) is 0 Å². The summed E-state index contributed by atoms with van der Waals surface area (Å²) in [6, 6.07) is 6.50. The van der Waals surface area contributed by atoms with Gasteiger partial charge in [-0.2, -0.15) is 0 Å². The summed E-state index contributed by atoms with van der Waals surface area (Å²) in [5.41, 5.74) is -0.420. The maximum absolute atomic E-state index is 12.0. The molecular weight excluding hydrogens is 292 g/mol. The zero-order valence-corrected chi connectivity index (χ0v) is 14.2. The predicted molar refractivity (Wildman–Crippen MR) is 89.6 cm³/mol.